The zero-order chi connectivity index (χ0) is 14.7. The molecule has 0 bridgehead atoms. The predicted octanol–water partition coefficient (Wildman–Crippen LogP) is 4.04. The van der Waals surface area contributed by atoms with Crippen LogP contribution in [0.2, 0.25) is 0 Å². The lowest BCUT2D eigenvalue weighted by Crippen LogP contribution is -2.05. The summed E-state index contributed by atoms with van der Waals surface area (Å²) in [4.78, 5) is 4.57. The van der Waals surface area contributed by atoms with Crippen molar-refractivity contribution in [2.24, 2.45) is 5.73 Å². The standard InChI is InChI=1S/C17H15BrN2O/c18-15-7-3-1-6-13(15)11-21-17-14(10-19)9-12-5-2-4-8-16(12)20-17/h1-9H,10-11,19H2. The first-order valence-electron chi connectivity index (χ1n) is 6.73. The number of hydrogen-bond acceptors (Lipinski definition) is 3. The quantitative estimate of drug-likeness (QED) is 0.778. The van der Waals surface area contributed by atoms with Crippen LogP contribution in [0.3, 0.4) is 0 Å². The Hall–Kier alpha value is -1.91. The smallest absolute Gasteiger partial charge is 0.218 e. The first kappa shape index (κ1) is 14.0. The lowest BCUT2D eigenvalue weighted by Gasteiger charge is -2.11. The van der Waals surface area contributed by atoms with Gasteiger partial charge in [0.05, 0.1) is 5.52 Å². The average Bonchev–Trinajstić information content (AvgIpc) is 2.53. The minimum absolute atomic E-state index is 0.406. The molecular formula is C17H15BrN2O. The summed E-state index contributed by atoms with van der Waals surface area (Å²) in [5, 5.41) is 1.08. The van der Waals surface area contributed by atoms with Crippen molar-refractivity contribution in [1.82, 2.24) is 4.98 Å². The Morgan fingerprint density at radius 2 is 1.76 bits per heavy atom. The largest absolute Gasteiger partial charge is 0.473 e. The molecule has 106 valence electrons. The van der Waals surface area contributed by atoms with Gasteiger partial charge in [-0.05, 0) is 18.2 Å². The number of fused-ring (bicyclic) bond motifs is 1. The molecule has 0 atom stereocenters. The van der Waals surface area contributed by atoms with Gasteiger partial charge >= 0.3 is 0 Å². The lowest BCUT2D eigenvalue weighted by atomic mass is 10.1. The highest BCUT2D eigenvalue weighted by Gasteiger charge is 2.08. The Kier molecular flexibility index (Phi) is 4.18. The van der Waals surface area contributed by atoms with Crippen LogP contribution < -0.4 is 10.5 Å². The van der Waals surface area contributed by atoms with E-state index in [4.69, 9.17) is 10.5 Å². The predicted molar refractivity (Wildman–Crippen MR) is 88.1 cm³/mol. The molecule has 0 spiro atoms. The molecule has 2 aromatic carbocycles. The second kappa shape index (κ2) is 6.24. The Morgan fingerprint density at radius 3 is 2.57 bits per heavy atom. The average molecular weight is 343 g/mol. The minimum atomic E-state index is 0.406. The molecule has 0 aliphatic rings. The van der Waals surface area contributed by atoms with E-state index in [1.54, 1.807) is 0 Å². The van der Waals surface area contributed by atoms with Crippen molar-refractivity contribution in [1.29, 1.82) is 0 Å². The fourth-order valence-electron chi connectivity index (χ4n) is 2.17. The van der Waals surface area contributed by atoms with E-state index in [1.807, 2.05) is 54.6 Å². The molecule has 4 heteroatoms. The van der Waals surface area contributed by atoms with Gasteiger partial charge < -0.3 is 10.5 Å². The molecule has 0 unspecified atom stereocenters. The number of nitrogens with zero attached hydrogens (tertiary/aromatic N) is 1. The van der Waals surface area contributed by atoms with Crippen LogP contribution in [0.25, 0.3) is 10.9 Å². The molecule has 0 saturated heterocycles. The Labute approximate surface area is 131 Å². The highest BCUT2D eigenvalue weighted by atomic mass is 79.9. The van der Waals surface area contributed by atoms with Gasteiger partial charge in [-0.3, -0.25) is 0 Å². The Bertz CT molecular complexity index is 774. The van der Waals surface area contributed by atoms with E-state index >= 15 is 0 Å². The zero-order valence-electron chi connectivity index (χ0n) is 11.4. The minimum Gasteiger partial charge on any atom is -0.473 e. The summed E-state index contributed by atoms with van der Waals surface area (Å²) in [7, 11) is 0. The summed E-state index contributed by atoms with van der Waals surface area (Å²) < 4.78 is 6.91. The van der Waals surface area contributed by atoms with Crippen LogP contribution in [0.5, 0.6) is 5.88 Å². The van der Waals surface area contributed by atoms with E-state index in [2.05, 4.69) is 20.9 Å². The van der Waals surface area contributed by atoms with Gasteiger partial charge in [-0.25, -0.2) is 4.98 Å². The van der Waals surface area contributed by atoms with E-state index in [9.17, 15) is 0 Å². The molecule has 21 heavy (non-hydrogen) atoms. The molecule has 3 rings (SSSR count). The first-order chi connectivity index (χ1) is 10.3. The molecule has 1 aromatic heterocycles. The number of hydrogen-bond donors (Lipinski definition) is 1. The van der Waals surface area contributed by atoms with Crippen molar-refractivity contribution in [2.45, 2.75) is 13.2 Å². The fourth-order valence-corrected chi connectivity index (χ4v) is 2.57. The summed E-state index contributed by atoms with van der Waals surface area (Å²) in [6, 6.07) is 18.0. The molecule has 3 aromatic rings. The SMILES string of the molecule is NCc1cc2ccccc2nc1OCc1ccccc1Br. The lowest BCUT2D eigenvalue weighted by molar-refractivity contribution is 0.291. The number of halogens is 1. The van der Waals surface area contributed by atoms with Gasteiger partial charge in [-0.2, -0.15) is 0 Å². The third-order valence-corrected chi connectivity index (χ3v) is 4.08. The maximum Gasteiger partial charge on any atom is 0.218 e. The number of pyridine rings is 1. The normalized spacial score (nSPS) is 10.8. The second-order valence-corrected chi connectivity index (χ2v) is 5.58. The summed E-state index contributed by atoms with van der Waals surface area (Å²) >= 11 is 3.52. The molecule has 0 radical (unpaired) electrons. The molecule has 0 saturated carbocycles. The van der Waals surface area contributed by atoms with Crippen molar-refractivity contribution in [3.8, 4) is 5.88 Å². The van der Waals surface area contributed by atoms with E-state index in [0.29, 0.717) is 19.0 Å². The maximum atomic E-state index is 5.88. The van der Waals surface area contributed by atoms with Crippen molar-refractivity contribution >= 4 is 26.8 Å². The number of aromatic nitrogens is 1. The molecule has 0 aliphatic carbocycles. The van der Waals surface area contributed by atoms with Crippen LogP contribution in [-0.2, 0) is 13.2 Å². The molecule has 1 heterocycles. The summed E-state index contributed by atoms with van der Waals surface area (Å²) in [5.74, 6) is 0.604. The Balaban J connectivity index is 1.91. The Morgan fingerprint density at radius 1 is 1.00 bits per heavy atom. The molecule has 2 N–H and O–H groups in total. The van der Waals surface area contributed by atoms with Crippen LogP contribution in [0.4, 0.5) is 0 Å². The van der Waals surface area contributed by atoms with Gasteiger partial charge in [0, 0.05) is 27.5 Å². The zero-order valence-corrected chi connectivity index (χ0v) is 13.0. The number of para-hydroxylation sites is 1. The van der Waals surface area contributed by atoms with Gasteiger partial charge in [0.1, 0.15) is 6.61 Å². The third-order valence-electron chi connectivity index (χ3n) is 3.31. The summed E-state index contributed by atoms with van der Waals surface area (Å²) in [5.41, 5.74) is 8.72. The van der Waals surface area contributed by atoms with Gasteiger partial charge in [0.15, 0.2) is 0 Å². The topological polar surface area (TPSA) is 48.1 Å². The monoisotopic (exact) mass is 342 g/mol. The van der Waals surface area contributed by atoms with Crippen LogP contribution >= 0.6 is 15.9 Å². The van der Waals surface area contributed by atoms with Crippen LogP contribution in [0.15, 0.2) is 59.1 Å². The van der Waals surface area contributed by atoms with Crippen molar-refractivity contribution < 1.29 is 4.74 Å². The molecule has 0 fully saturated rings. The van der Waals surface area contributed by atoms with Gasteiger partial charge in [0.25, 0.3) is 0 Å². The van der Waals surface area contributed by atoms with Crippen LogP contribution in [0, 0.1) is 0 Å². The molecular weight excluding hydrogens is 328 g/mol. The van der Waals surface area contributed by atoms with Gasteiger partial charge in [0.2, 0.25) is 5.88 Å². The van der Waals surface area contributed by atoms with E-state index in [0.717, 1.165) is 26.5 Å². The van der Waals surface area contributed by atoms with Crippen molar-refractivity contribution in [3.05, 3.63) is 70.2 Å². The number of rotatable bonds is 4. The van der Waals surface area contributed by atoms with Crippen molar-refractivity contribution in [3.63, 3.8) is 0 Å². The van der Waals surface area contributed by atoms with E-state index in [1.165, 1.54) is 0 Å². The molecule has 0 amide bonds. The van der Waals surface area contributed by atoms with Gasteiger partial charge in [-0.15, -0.1) is 0 Å². The first-order valence-corrected chi connectivity index (χ1v) is 7.52. The summed E-state index contributed by atoms with van der Waals surface area (Å²) in [6.45, 7) is 0.864. The third kappa shape index (κ3) is 3.06. The van der Waals surface area contributed by atoms with E-state index in [-0.39, 0.29) is 0 Å². The summed E-state index contributed by atoms with van der Waals surface area (Å²) in [6.07, 6.45) is 0. The second-order valence-electron chi connectivity index (χ2n) is 4.73. The van der Waals surface area contributed by atoms with Crippen molar-refractivity contribution in [2.75, 3.05) is 0 Å². The number of nitrogens with two attached hydrogens (primary N) is 1. The fraction of sp³-hybridized carbons (Fsp3) is 0.118. The maximum absolute atomic E-state index is 5.88. The van der Waals surface area contributed by atoms with Crippen LogP contribution in [0.1, 0.15) is 11.1 Å². The van der Waals surface area contributed by atoms with E-state index < -0.39 is 0 Å². The van der Waals surface area contributed by atoms with Gasteiger partial charge in [-0.1, -0.05) is 52.3 Å². The number of ether oxygens (including phenoxy) is 1. The molecule has 3 nitrogen and oxygen atoms in total. The highest BCUT2D eigenvalue weighted by molar-refractivity contribution is 9.10. The molecule has 0 aliphatic heterocycles. The van der Waals surface area contributed by atoms with Crippen LogP contribution in [-0.4, -0.2) is 4.98 Å². The highest BCUT2D eigenvalue weighted by Crippen LogP contribution is 2.24. The number of benzene rings is 2.